The maximum absolute atomic E-state index is 13.3. The molecule has 76 heavy (non-hydrogen) atoms. The summed E-state index contributed by atoms with van der Waals surface area (Å²) in [6.07, 6.45) is 7.07. The number of esters is 1. The van der Waals surface area contributed by atoms with Crippen LogP contribution in [0.15, 0.2) is 72.8 Å². The number of carbonyl (C=O) groups is 8. The number of rotatable bonds is 23. The third-order valence-electron chi connectivity index (χ3n) is 12.1. The van der Waals surface area contributed by atoms with Crippen molar-refractivity contribution in [2.24, 2.45) is 11.8 Å². The number of thiazole rings is 2. The van der Waals surface area contributed by atoms with Gasteiger partial charge in [-0.05, 0) is 31.9 Å². The Labute approximate surface area is 449 Å². The van der Waals surface area contributed by atoms with Gasteiger partial charge in [-0.15, -0.1) is 22.7 Å². The summed E-state index contributed by atoms with van der Waals surface area (Å²) in [5, 5.41) is 30.1. The highest BCUT2D eigenvalue weighted by Crippen LogP contribution is 2.32. The molecule has 0 aliphatic carbocycles. The topological polar surface area (TPSA) is 264 Å². The summed E-state index contributed by atoms with van der Waals surface area (Å²) in [5.74, 6) is -5.25. The van der Waals surface area contributed by atoms with Gasteiger partial charge in [-0.3, -0.25) is 19.2 Å². The van der Waals surface area contributed by atoms with E-state index in [4.69, 9.17) is 19.3 Å². The van der Waals surface area contributed by atoms with E-state index in [0.717, 1.165) is 42.9 Å². The zero-order valence-corrected chi connectivity index (χ0v) is 44.6. The Morgan fingerprint density at radius 2 is 0.947 bits per heavy atom. The summed E-state index contributed by atoms with van der Waals surface area (Å²) in [6, 6.07) is 18.5. The van der Waals surface area contributed by atoms with Crippen LogP contribution in [0.2, 0.25) is 0 Å². The van der Waals surface area contributed by atoms with Crippen LogP contribution in [-0.2, 0) is 33.4 Å². The Morgan fingerprint density at radius 3 is 1.30 bits per heavy atom. The monoisotopic (exact) mass is 1090 g/mol. The fourth-order valence-electron chi connectivity index (χ4n) is 7.81. The van der Waals surface area contributed by atoms with Crippen molar-refractivity contribution in [2.75, 3.05) is 85.4 Å². The van der Waals surface area contributed by atoms with Crippen molar-refractivity contribution in [2.45, 2.75) is 59.3 Å². The summed E-state index contributed by atoms with van der Waals surface area (Å²) >= 11 is 2.42. The lowest BCUT2D eigenvalue weighted by Crippen LogP contribution is -2.52. The predicted octanol–water partition coefficient (Wildman–Crippen LogP) is 6.82. The highest BCUT2D eigenvalue weighted by molar-refractivity contribution is 7.16. The molecule has 0 saturated carbocycles. The van der Waals surface area contributed by atoms with Crippen LogP contribution in [0.25, 0.3) is 33.3 Å². The van der Waals surface area contributed by atoms with Gasteiger partial charge in [0.15, 0.2) is 11.6 Å². The Kier molecular flexibility index (Phi) is 24.4. The second-order valence-electron chi connectivity index (χ2n) is 17.5. The van der Waals surface area contributed by atoms with Gasteiger partial charge in [-0.2, -0.15) is 0 Å². The van der Waals surface area contributed by atoms with E-state index in [1.165, 1.54) is 45.8 Å². The molecule has 4 heterocycles. The Balaban J connectivity index is 0.000000281. The third kappa shape index (κ3) is 17.7. The number of amides is 4. The number of aliphatic carboxylic acids is 1. The number of hydrogen-bond acceptors (Lipinski definition) is 17. The SMILES string of the molecule is CCCCOC(=O)N1CCN(C(=O)[C@H](CO)CC(=O)c2nc(-c3ccccc3)sc2/C=C/C(=O)O)CC1.CCCCOC(=O)N1CCN(C(=O)[C@H](CO)CC(=O)c2nc(-c3ccccc3)sc2/C=C/C(=O)OCC)CC1. The zero-order chi connectivity index (χ0) is 55.0. The van der Waals surface area contributed by atoms with Crippen molar-refractivity contribution < 1.29 is 67.9 Å². The number of unbranched alkanes of at least 4 members (excludes halogenated alkanes) is 2. The quantitative estimate of drug-likeness (QED) is 0.0226. The number of nitrogens with zero attached hydrogens (tertiary/aromatic N) is 6. The number of carboxylic acids is 1. The number of ether oxygens (including phenoxy) is 3. The summed E-state index contributed by atoms with van der Waals surface area (Å²) in [6.45, 7) is 7.99. The van der Waals surface area contributed by atoms with Crippen LogP contribution in [-0.4, -0.2) is 178 Å². The van der Waals surface area contributed by atoms with Crippen molar-refractivity contribution in [3.63, 3.8) is 0 Å². The van der Waals surface area contributed by atoms with Crippen molar-refractivity contribution in [3.8, 4) is 21.1 Å². The molecule has 0 bridgehead atoms. The van der Waals surface area contributed by atoms with Crippen LogP contribution in [0.1, 0.15) is 90.0 Å². The molecule has 20 nitrogen and oxygen atoms in total. The third-order valence-corrected chi connectivity index (χ3v) is 14.2. The van der Waals surface area contributed by atoms with Gasteiger partial charge in [0.2, 0.25) is 11.8 Å². The van der Waals surface area contributed by atoms with E-state index in [1.54, 1.807) is 21.6 Å². The fraction of sp³-hybridized carbons (Fsp3) is 0.444. The van der Waals surface area contributed by atoms with Gasteiger partial charge in [0.25, 0.3) is 0 Å². The number of Topliss-reactive ketones (excluding diaryl/α,β-unsaturated/α-hetero) is 2. The number of aliphatic hydroxyl groups is 2. The summed E-state index contributed by atoms with van der Waals surface area (Å²) in [7, 11) is 0. The van der Waals surface area contributed by atoms with E-state index in [9.17, 15) is 48.6 Å². The molecule has 2 atom stereocenters. The van der Waals surface area contributed by atoms with E-state index in [1.807, 2.05) is 74.5 Å². The predicted molar refractivity (Wildman–Crippen MR) is 285 cm³/mol. The maximum atomic E-state index is 13.3. The number of ketones is 2. The molecule has 2 aromatic heterocycles. The molecular weight excluding hydrogens is 1020 g/mol. The van der Waals surface area contributed by atoms with E-state index < -0.39 is 60.7 Å². The number of hydrogen-bond donors (Lipinski definition) is 3. The first kappa shape index (κ1) is 59.7. The lowest BCUT2D eigenvalue weighted by Gasteiger charge is -2.35. The highest BCUT2D eigenvalue weighted by atomic mass is 32.1. The molecule has 2 aromatic carbocycles. The average molecular weight is 1090 g/mol. The molecule has 2 aliphatic heterocycles. The average Bonchev–Trinajstić information content (AvgIpc) is 4.09. The molecule has 0 radical (unpaired) electrons. The molecule has 408 valence electrons. The molecule has 2 saturated heterocycles. The van der Waals surface area contributed by atoms with Crippen LogP contribution >= 0.6 is 22.7 Å². The second-order valence-corrected chi connectivity index (χ2v) is 19.6. The van der Waals surface area contributed by atoms with Gasteiger partial charge in [0.1, 0.15) is 21.4 Å². The lowest BCUT2D eigenvalue weighted by atomic mass is 9.99. The lowest BCUT2D eigenvalue weighted by molar-refractivity contribution is -0.139. The summed E-state index contributed by atoms with van der Waals surface area (Å²) < 4.78 is 15.4. The van der Waals surface area contributed by atoms with E-state index >= 15 is 0 Å². The summed E-state index contributed by atoms with van der Waals surface area (Å²) in [4.78, 5) is 116. The molecule has 0 spiro atoms. The van der Waals surface area contributed by atoms with Gasteiger partial charge < -0.3 is 49.1 Å². The molecule has 4 aromatic rings. The second kappa shape index (κ2) is 31.0. The molecule has 2 aliphatic rings. The zero-order valence-electron chi connectivity index (χ0n) is 43.0. The van der Waals surface area contributed by atoms with Crippen molar-refractivity contribution in [1.82, 2.24) is 29.6 Å². The van der Waals surface area contributed by atoms with Gasteiger partial charge in [0.05, 0.1) is 54.6 Å². The Hall–Kier alpha value is -7.14. The Morgan fingerprint density at radius 1 is 0.566 bits per heavy atom. The number of aliphatic hydroxyl groups excluding tert-OH is 2. The van der Waals surface area contributed by atoms with Crippen LogP contribution in [0.3, 0.4) is 0 Å². The van der Waals surface area contributed by atoms with E-state index in [0.29, 0.717) is 59.2 Å². The van der Waals surface area contributed by atoms with Gasteiger partial charge in [-0.25, -0.2) is 29.1 Å². The fourth-order valence-corrected chi connectivity index (χ4v) is 9.79. The molecule has 6 rings (SSSR count). The molecule has 4 amide bonds. The standard InChI is InChI=1S/C28H35N3O7S.C26H31N3O7S/c1-3-5-17-38-28(36)31-15-13-30(14-16-31)27(35)21(19-32)18-22(33)25-23(11-12-24(34)37-4-2)39-26(29-25)20-9-7-6-8-10-20;1-2-3-15-36-26(35)29-13-11-28(12-14-29)25(34)19(17-30)16-20(31)23-21(9-10-22(32)33)37-24(27-23)18-7-5-4-6-8-18/h6-12,21,32H,3-5,13-19H2,1-2H3;4-10,19,30H,2-3,11-17H2,1H3,(H,32,33)/b12-11+;10-9+/t21-;19-/m00/s1. The first-order valence-electron chi connectivity index (χ1n) is 25.3. The first-order valence-corrected chi connectivity index (χ1v) is 26.9. The molecule has 0 unspecified atom stereocenters. The van der Waals surface area contributed by atoms with Crippen molar-refractivity contribution in [1.29, 1.82) is 0 Å². The van der Waals surface area contributed by atoms with Gasteiger partial charge in [-0.1, -0.05) is 87.4 Å². The highest BCUT2D eigenvalue weighted by Gasteiger charge is 2.34. The molecule has 2 fully saturated rings. The number of carboxylic acid groups (broad SMARTS) is 1. The first-order chi connectivity index (χ1) is 36.7. The van der Waals surface area contributed by atoms with Crippen LogP contribution < -0.4 is 0 Å². The van der Waals surface area contributed by atoms with Crippen LogP contribution in [0.5, 0.6) is 0 Å². The maximum Gasteiger partial charge on any atom is 0.409 e. The molecule has 3 N–H and O–H groups in total. The van der Waals surface area contributed by atoms with E-state index in [-0.39, 0.29) is 68.8 Å². The summed E-state index contributed by atoms with van der Waals surface area (Å²) in [5.41, 5.74) is 1.78. The number of aromatic nitrogens is 2. The Bertz CT molecular complexity index is 2640. The minimum atomic E-state index is -1.16. The van der Waals surface area contributed by atoms with Crippen molar-refractivity contribution >= 4 is 82.3 Å². The minimum Gasteiger partial charge on any atom is -0.478 e. The number of benzene rings is 2. The van der Waals surface area contributed by atoms with Crippen LogP contribution in [0.4, 0.5) is 9.59 Å². The number of carbonyl (C=O) groups excluding carboxylic acids is 7. The largest absolute Gasteiger partial charge is 0.478 e. The van der Waals surface area contributed by atoms with Crippen LogP contribution in [0, 0.1) is 11.8 Å². The smallest absolute Gasteiger partial charge is 0.409 e. The molecule has 22 heteroatoms. The van der Waals surface area contributed by atoms with Gasteiger partial charge >= 0.3 is 24.1 Å². The van der Waals surface area contributed by atoms with Gasteiger partial charge in [0, 0.05) is 88.5 Å². The van der Waals surface area contributed by atoms with E-state index in [2.05, 4.69) is 9.97 Å². The molecular formula is C54H66N6O14S2. The van der Waals surface area contributed by atoms with Crippen molar-refractivity contribution in [3.05, 3.63) is 94.0 Å². The minimum absolute atomic E-state index is 0.0623. The number of piperazine rings is 2. The normalized spacial score (nSPS) is 14.4.